The lowest BCUT2D eigenvalue weighted by molar-refractivity contribution is -0.0287. The number of ether oxygens (including phenoxy) is 5. The molecule has 8 nitrogen and oxygen atoms in total. The Hall–Kier alpha value is -5.05. The second kappa shape index (κ2) is 11.8. The van der Waals surface area contributed by atoms with Gasteiger partial charge in [0.1, 0.15) is 18.0 Å². The summed E-state index contributed by atoms with van der Waals surface area (Å²) in [5.74, 6) is -1.23. The second-order valence-electron chi connectivity index (χ2n) is 11.5. The van der Waals surface area contributed by atoms with Crippen molar-refractivity contribution in [2.24, 2.45) is 0 Å². The minimum absolute atomic E-state index is 0.117. The molecule has 8 heteroatoms. The first-order valence-electron chi connectivity index (χ1n) is 14.8. The molecule has 0 saturated carbocycles. The SMILES string of the molecule is Cc1ccc2cc(C(=O)Oc3ccc(C(=O)O[C@@H]4CO[C@H]5[C@@H]4OC[C@H]5OC(=O)c4ccc5cc(C)ccc5c4)cc3)ccc2c1. The van der Waals surface area contributed by atoms with Crippen LogP contribution >= 0.6 is 0 Å². The molecule has 2 aliphatic rings. The van der Waals surface area contributed by atoms with E-state index in [1.807, 2.05) is 50.2 Å². The van der Waals surface area contributed by atoms with Gasteiger partial charge in [0, 0.05) is 0 Å². The van der Waals surface area contributed by atoms with E-state index >= 15 is 0 Å². The van der Waals surface area contributed by atoms with Crippen LogP contribution in [0.1, 0.15) is 42.2 Å². The van der Waals surface area contributed by atoms with E-state index in [0.717, 1.165) is 32.7 Å². The van der Waals surface area contributed by atoms with Crippen LogP contribution in [0.15, 0.2) is 97.1 Å². The highest BCUT2D eigenvalue weighted by atomic mass is 16.7. The van der Waals surface area contributed by atoms with E-state index in [1.165, 1.54) is 12.1 Å². The highest BCUT2D eigenvalue weighted by Gasteiger charge is 2.51. The summed E-state index contributed by atoms with van der Waals surface area (Å²) >= 11 is 0. The fourth-order valence-electron chi connectivity index (χ4n) is 5.85. The molecule has 0 unspecified atom stereocenters. The van der Waals surface area contributed by atoms with Gasteiger partial charge in [0.05, 0.1) is 29.9 Å². The van der Waals surface area contributed by atoms with Crippen molar-refractivity contribution in [2.75, 3.05) is 13.2 Å². The molecule has 5 aromatic rings. The fourth-order valence-corrected chi connectivity index (χ4v) is 5.85. The maximum atomic E-state index is 12.9. The third kappa shape index (κ3) is 5.90. The zero-order chi connectivity index (χ0) is 31.1. The number of hydrogen-bond acceptors (Lipinski definition) is 8. The molecule has 2 saturated heterocycles. The summed E-state index contributed by atoms with van der Waals surface area (Å²) < 4.78 is 28.7. The van der Waals surface area contributed by atoms with E-state index in [9.17, 15) is 14.4 Å². The predicted octanol–water partition coefficient (Wildman–Crippen LogP) is 6.38. The zero-order valence-corrected chi connectivity index (χ0v) is 24.7. The molecule has 0 amide bonds. The van der Waals surface area contributed by atoms with E-state index in [-0.39, 0.29) is 18.8 Å². The minimum Gasteiger partial charge on any atom is -0.453 e. The number of carbonyl (C=O) groups excluding carboxylic acids is 3. The number of aryl methyl sites for hydroxylation is 2. The number of esters is 3. The van der Waals surface area contributed by atoms with Gasteiger partial charge in [-0.15, -0.1) is 0 Å². The van der Waals surface area contributed by atoms with Crippen LogP contribution in [0.5, 0.6) is 5.75 Å². The predicted molar refractivity (Wildman–Crippen MR) is 167 cm³/mol. The normalized spacial score (nSPS) is 20.6. The van der Waals surface area contributed by atoms with Gasteiger partial charge in [-0.3, -0.25) is 0 Å². The van der Waals surface area contributed by atoms with Crippen LogP contribution in [0, 0.1) is 13.8 Å². The molecule has 45 heavy (non-hydrogen) atoms. The lowest BCUT2D eigenvalue weighted by atomic mass is 10.0. The second-order valence-corrected chi connectivity index (χ2v) is 11.5. The van der Waals surface area contributed by atoms with Crippen molar-refractivity contribution in [3.8, 4) is 5.75 Å². The number of carbonyl (C=O) groups is 3. The first kappa shape index (κ1) is 28.7. The lowest BCUT2D eigenvalue weighted by Crippen LogP contribution is -2.36. The number of hydrogen-bond donors (Lipinski definition) is 0. The van der Waals surface area contributed by atoms with Gasteiger partial charge in [-0.2, -0.15) is 0 Å². The Balaban J connectivity index is 0.939. The van der Waals surface area contributed by atoms with Gasteiger partial charge in [-0.1, -0.05) is 59.7 Å². The summed E-state index contributed by atoms with van der Waals surface area (Å²) in [6.45, 7) is 4.29. The van der Waals surface area contributed by atoms with Gasteiger partial charge in [-0.05, 0) is 83.9 Å². The molecule has 7 rings (SSSR count). The van der Waals surface area contributed by atoms with Crippen molar-refractivity contribution in [1.82, 2.24) is 0 Å². The summed E-state index contributed by atoms with van der Waals surface area (Å²) in [6.07, 6.45) is -2.39. The highest BCUT2D eigenvalue weighted by molar-refractivity contribution is 5.97. The van der Waals surface area contributed by atoms with Crippen molar-refractivity contribution >= 4 is 39.5 Å². The Bertz CT molecular complexity index is 1950. The number of benzene rings is 5. The Kier molecular flexibility index (Phi) is 7.53. The van der Waals surface area contributed by atoms with Crippen LogP contribution in [0.2, 0.25) is 0 Å². The molecule has 0 aromatic heterocycles. The Morgan fingerprint density at radius 1 is 0.533 bits per heavy atom. The van der Waals surface area contributed by atoms with Crippen molar-refractivity contribution in [1.29, 1.82) is 0 Å². The van der Waals surface area contributed by atoms with Crippen molar-refractivity contribution < 1.29 is 38.1 Å². The van der Waals surface area contributed by atoms with Crippen LogP contribution in [0.3, 0.4) is 0 Å². The molecular weight excluding hydrogens is 572 g/mol. The Morgan fingerprint density at radius 3 is 1.49 bits per heavy atom. The monoisotopic (exact) mass is 602 g/mol. The topological polar surface area (TPSA) is 97.4 Å². The Morgan fingerprint density at radius 2 is 0.956 bits per heavy atom. The third-order valence-corrected chi connectivity index (χ3v) is 8.24. The van der Waals surface area contributed by atoms with Crippen LogP contribution in [-0.2, 0) is 18.9 Å². The van der Waals surface area contributed by atoms with Crippen LogP contribution in [0.4, 0.5) is 0 Å². The molecule has 226 valence electrons. The number of rotatable bonds is 6. The smallest absolute Gasteiger partial charge is 0.343 e. The van der Waals surface area contributed by atoms with Gasteiger partial charge >= 0.3 is 17.9 Å². The zero-order valence-electron chi connectivity index (χ0n) is 24.7. The molecule has 0 N–H and O–H groups in total. The van der Waals surface area contributed by atoms with E-state index in [1.54, 1.807) is 36.4 Å². The van der Waals surface area contributed by atoms with Crippen molar-refractivity contribution in [3.63, 3.8) is 0 Å². The lowest BCUT2D eigenvalue weighted by Gasteiger charge is -2.17. The third-order valence-electron chi connectivity index (χ3n) is 8.24. The molecule has 0 spiro atoms. The van der Waals surface area contributed by atoms with E-state index < -0.39 is 42.3 Å². The molecule has 2 fully saturated rings. The average Bonchev–Trinajstić information content (AvgIpc) is 3.63. The maximum absolute atomic E-state index is 12.9. The first-order chi connectivity index (χ1) is 21.8. The molecule has 0 radical (unpaired) electrons. The van der Waals surface area contributed by atoms with E-state index in [0.29, 0.717) is 16.9 Å². The summed E-state index contributed by atoms with van der Waals surface area (Å²) in [4.78, 5) is 38.6. The molecule has 0 bridgehead atoms. The maximum Gasteiger partial charge on any atom is 0.343 e. The van der Waals surface area contributed by atoms with Crippen LogP contribution < -0.4 is 4.74 Å². The van der Waals surface area contributed by atoms with Gasteiger partial charge in [0.2, 0.25) is 0 Å². The van der Waals surface area contributed by atoms with Crippen molar-refractivity contribution in [3.05, 3.63) is 125 Å². The first-order valence-corrected chi connectivity index (χ1v) is 14.8. The standard InChI is InChI=1S/C37H30O8/c1-21-3-5-26-17-28(9-7-24(26)15-21)36(39)43-30-13-11-23(12-14-30)35(38)44-31-19-41-34-32(20-42-33(31)34)45-37(40)29-10-8-25-16-22(2)4-6-27(25)18-29/h3-18,31-34H,19-20H2,1-2H3/t31-,32-,33-,34-/m1/s1. The highest BCUT2D eigenvalue weighted by Crippen LogP contribution is 2.32. The van der Waals surface area contributed by atoms with E-state index in [4.69, 9.17) is 23.7 Å². The van der Waals surface area contributed by atoms with Gasteiger partial charge < -0.3 is 23.7 Å². The van der Waals surface area contributed by atoms with Gasteiger partial charge in [-0.25, -0.2) is 14.4 Å². The van der Waals surface area contributed by atoms with E-state index in [2.05, 4.69) is 12.1 Å². The molecule has 0 aliphatic carbocycles. The largest absolute Gasteiger partial charge is 0.453 e. The number of fused-ring (bicyclic) bond motifs is 3. The molecule has 4 atom stereocenters. The van der Waals surface area contributed by atoms with Gasteiger partial charge in [0.15, 0.2) is 12.2 Å². The molecular formula is C37H30O8. The molecule has 2 aliphatic heterocycles. The Labute approximate surface area is 259 Å². The summed E-state index contributed by atoms with van der Waals surface area (Å²) in [7, 11) is 0. The van der Waals surface area contributed by atoms with Crippen molar-refractivity contribution in [2.45, 2.75) is 38.3 Å². The fraction of sp³-hybridized carbons (Fsp3) is 0.216. The average molecular weight is 603 g/mol. The summed E-state index contributed by atoms with van der Waals surface area (Å²) in [5, 5.41) is 3.99. The minimum atomic E-state index is -0.663. The van der Waals surface area contributed by atoms with Crippen LogP contribution in [0.25, 0.3) is 21.5 Å². The van der Waals surface area contributed by atoms with Crippen LogP contribution in [-0.4, -0.2) is 55.5 Å². The quantitative estimate of drug-likeness (QED) is 0.163. The summed E-state index contributed by atoms with van der Waals surface area (Å²) in [6, 6.07) is 29.1. The molecule has 2 heterocycles. The van der Waals surface area contributed by atoms with Gasteiger partial charge in [0.25, 0.3) is 0 Å². The summed E-state index contributed by atoms with van der Waals surface area (Å²) in [5.41, 5.74) is 3.44. The molecule has 5 aromatic carbocycles.